The Hall–Kier alpha value is -2.21. The van der Waals surface area contributed by atoms with Crippen LogP contribution >= 0.6 is 11.3 Å². The number of nitrogens with zero attached hydrogens (tertiary/aromatic N) is 2. The molecule has 0 atom stereocenters. The molecule has 0 aliphatic heterocycles. The molecule has 2 aromatic rings. The maximum Gasteiger partial charge on any atom is 0.357 e. The van der Waals surface area contributed by atoms with Crippen LogP contribution in [0.15, 0.2) is 29.6 Å². The SMILES string of the molecule is COC(=O)c1csc(CN(C(=O)c2ccc(C(C)(C)C)cc2)C(C)(C)C)n1. The number of rotatable bonds is 4. The van der Waals surface area contributed by atoms with Gasteiger partial charge in [-0.15, -0.1) is 11.3 Å². The quantitative estimate of drug-likeness (QED) is 0.714. The Labute approximate surface area is 165 Å². The Morgan fingerprint density at radius 2 is 1.67 bits per heavy atom. The predicted octanol–water partition coefficient (Wildman–Crippen LogP) is 4.67. The van der Waals surface area contributed by atoms with Gasteiger partial charge in [0.05, 0.1) is 13.7 Å². The largest absolute Gasteiger partial charge is 0.464 e. The Morgan fingerprint density at radius 1 is 1.07 bits per heavy atom. The van der Waals surface area contributed by atoms with Crippen LogP contribution in [0, 0.1) is 0 Å². The minimum atomic E-state index is -0.469. The molecule has 0 aliphatic carbocycles. The normalized spacial score (nSPS) is 12.0. The van der Waals surface area contributed by atoms with E-state index in [1.54, 1.807) is 10.3 Å². The molecule has 1 aromatic carbocycles. The van der Waals surface area contributed by atoms with Gasteiger partial charge in [0.15, 0.2) is 5.69 Å². The van der Waals surface area contributed by atoms with Crippen LogP contribution in [0.3, 0.4) is 0 Å². The van der Waals surface area contributed by atoms with Gasteiger partial charge in [-0.25, -0.2) is 9.78 Å². The van der Waals surface area contributed by atoms with Gasteiger partial charge in [0.25, 0.3) is 5.91 Å². The van der Waals surface area contributed by atoms with E-state index in [1.807, 2.05) is 45.0 Å². The summed E-state index contributed by atoms with van der Waals surface area (Å²) in [4.78, 5) is 30.9. The van der Waals surface area contributed by atoms with Gasteiger partial charge in [0.2, 0.25) is 0 Å². The third-order valence-corrected chi connectivity index (χ3v) is 5.13. The number of benzene rings is 1. The smallest absolute Gasteiger partial charge is 0.357 e. The lowest BCUT2D eigenvalue weighted by Crippen LogP contribution is -2.45. The molecule has 0 saturated carbocycles. The third kappa shape index (κ3) is 5.16. The Balaban J connectivity index is 2.27. The molecular weight excluding hydrogens is 360 g/mol. The van der Waals surface area contributed by atoms with Crippen molar-refractivity contribution in [2.24, 2.45) is 0 Å². The first-order chi connectivity index (χ1) is 12.4. The Kier molecular flexibility index (Phi) is 6.10. The number of aromatic nitrogens is 1. The minimum Gasteiger partial charge on any atom is -0.464 e. The van der Waals surface area contributed by atoms with Gasteiger partial charge in [-0.05, 0) is 43.9 Å². The molecule has 0 spiro atoms. The molecule has 1 aromatic heterocycles. The maximum absolute atomic E-state index is 13.2. The van der Waals surface area contributed by atoms with E-state index in [4.69, 9.17) is 4.74 Å². The number of carbonyl (C=O) groups is 2. The first kappa shape index (κ1) is 21.1. The summed E-state index contributed by atoms with van der Waals surface area (Å²) in [6, 6.07) is 7.77. The van der Waals surface area contributed by atoms with Gasteiger partial charge in [-0.2, -0.15) is 0 Å². The summed E-state index contributed by atoms with van der Waals surface area (Å²) >= 11 is 1.35. The molecular formula is C21H28N2O3S. The van der Waals surface area contributed by atoms with Crippen molar-refractivity contribution in [2.75, 3.05) is 7.11 Å². The van der Waals surface area contributed by atoms with Crippen molar-refractivity contribution in [3.05, 3.63) is 51.5 Å². The number of methoxy groups -OCH3 is 1. The van der Waals surface area contributed by atoms with E-state index in [-0.39, 0.29) is 17.0 Å². The molecule has 1 amide bonds. The van der Waals surface area contributed by atoms with E-state index >= 15 is 0 Å². The lowest BCUT2D eigenvalue weighted by Gasteiger charge is -2.35. The fourth-order valence-corrected chi connectivity index (χ4v) is 3.35. The highest BCUT2D eigenvalue weighted by Crippen LogP contribution is 2.25. The van der Waals surface area contributed by atoms with Gasteiger partial charge in [0.1, 0.15) is 5.01 Å². The van der Waals surface area contributed by atoms with E-state index in [9.17, 15) is 9.59 Å². The summed E-state index contributed by atoms with van der Waals surface area (Å²) in [6.45, 7) is 12.7. The van der Waals surface area contributed by atoms with Crippen LogP contribution in [0.25, 0.3) is 0 Å². The van der Waals surface area contributed by atoms with Crippen LogP contribution in [-0.4, -0.2) is 34.4 Å². The zero-order chi connectivity index (χ0) is 20.4. The van der Waals surface area contributed by atoms with Crippen LogP contribution in [0.1, 0.15) is 73.0 Å². The molecule has 0 radical (unpaired) electrons. The average Bonchev–Trinajstić information content (AvgIpc) is 3.05. The summed E-state index contributed by atoms with van der Waals surface area (Å²) in [5.74, 6) is -0.526. The van der Waals surface area contributed by atoms with Crippen molar-refractivity contribution >= 4 is 23.2 Å². The van der Waals surface area contributed by atoms with Crippen molar-refractivity contribution in [2.45, 2.75) is 59.0 Å². The van der Waals surface area contributed by atoms with Crippen LogP contribution in [0.4, 0.5) is 0 Å². The highest BCUT2D eigenvalue weighted by Gasteiger charge is 2.29. The summed E-state index contributed by atoms with van der Waals surface area (Å²) in [7, 11) is 1.33. The second-order valence-electron chi connectivity index (χ2n) is 8.51. The number of thiazole rings is 1. The Bertz CT molecular complexity index is 811. The fourth-order valence-electron chi connectivity index (χ4n) is 2.60. The standard InChI is InChI=1S/C21H28N2O3S/c1-20(2,3)15-10-8-14(9-11-15)18(24)23(21(4,5)6)12-17-22-16(13-27-17)19(25)26-7/h8-11,13H,12H2,1-7H3. The highest BCUT2D eigenvalue weighted by atomic mass is 32.1. The molecule has 0 fully saturated rings. The van der Waals surface area contributed by atoms with Crippen LogP contribution in [0.5, 0.6) is 0 Å². The average molecular weight is 389 g/mol. The molecule has 2 rings (SSSR count). The molecule has 0 unspecified atom stereocenters. The van der Waals surface area contributed by atoms with E-state index in [2.05, 4.69) is 25.8 Å². The second-order valence-corrected chi connectivity index (χ2v) is 9.45. The van der Waals surface area contributed by atoms with E-state index < -0.39 is 11.5 Å². The molecule has 0 bridgehead atoms. The van der Waals surface area contributed by atoms with Crippen molar-refractivity contribution in [3.8, 4) is 0 Å². The van der Waals surface area contributed by atoms with Gasteiger partial charge >= 0.3 is 5.97 Å². The Morgan fingerprint density at radius 3 is 2.15 bits per heavy atom. The molecule has 1 heterocycles. The summed E-state index contributed by atoms with van der Waals surface area (Å²) in [5, 5.41) is 2.36. The van der Waals surface area contributed by atoms with E-state index in [1.165, 1.54) is 24.0 Å². The molecule has 146 valence electrons. The van der Waals surface area contributed by atoms with Crippen molar-refractivity contribution in [1.29, 1.82) is 0 Å². The lowest BCUT2D eigenvalue weighted by molar-refractivity contribution is 0.0558. The summed E-state index contributed by atoms with van der Waals surface area (Å²) < 4.78 is 4.70. The van der Waals surface area contributed by atoms with Crippen LogP contribution < -0.4 is 0 Å². The number of hydrogen-bond acceptors (Lipinski definition) is 5. The number of carbonyl (C=O) groups excluding carboxylic acids is 2. The first-order valence-corrected chi connectivity index (χ1v) is 9.76. The molecule has 5 nitrogen and oxygen atoms in total. The number of amides is 1. The summed E-state index contributed by atoms with van der Waals surface area (Å²) in [6.07, 6.45) is 0. The topological polar surface area (TPSA) is 59.5 Å². The van der Waals surface area contributed by atoms with Gasteiger partial charge in [-0.1, -0.05) is 32.9 Å². The second kappa shape index (κ2) is 7.80. The fraction of sp³-hybridized carbons (Fsp3) is 0.476. The highest BCUT2D eigenvalue weighted by molar-refractivity contribution is 7.09. The first-order valence-electron chi connectivity index (χ1n) is 8.88. The minimum absolute atomic E-state index is 0.0382. The zero-order valence-electron chi connectivity index (χ0n) is 17.1. The molecule has 0 saturated heterocycles. The van der Waals surface area contributed by atoms with Gasteiger partial charge in [0, 0.05) is 16.5 Å². The zero-order valence-corrected chi connectivity index (χ0v) is 17.9. The van der Waals surface area contributed by atoms with Gasteiger partial charge in [-0.3, -0.25) is 4.79 Å². The van der Waals surface area contributed by atoms with Crippen molar-refractivity contribution < 1.29 is 14.3 Å². The summed E-state index contributed by atoms with van der Waals surface area (Å²) in [5.41, 5.74) is 1.74. The number of ether oxygens (including phenoxy) is 1. The maximum atomic E-state index is 13.2. The van der Waals surface area contributed by atoms with Crippen molar-refractivity contribution in [3.63, 3.8) is 0 Å². The van der Waals surface area contributed by atoms with Crippen LogP contribution in [0.2, 0.25) is 0 Å². The van der Waals surface area contributed by atoms with Crippen LogP contribution in [-0.2, 0) is 16.7 Å². The lowest BCUT2D eigenvalue weighted by atomic mass is 9.86. The van der Waals surface area contributed by atoms with E-state index in [0.29, 0.717) is 17.1 Å². The van der Waals surface area contributed by atoms with Gasteiger partial charge < -0.3 is 9.64 Å². The van der Waals surface area contributed by atoms with E-state index in [0.717, 1.165) is 0 Å². The van der Waals surface area contributed by atoms with Crippen molar-refractivity contribution in [1.82, 2.24) is 9.88 Å². The molecule has 6 heteroatoms. The molecule has 0 N–H and O–H groups in total. The number of hydrogen-bond donors (Lipinski definition) is 0. The number of esters is 1. The molecule has 0 aliphatic rings. The molecule has 27 heavy (non-hydrogen) atoms. The monoisotopic (exact) mass is 388 g/mol. The predicted molar refractivity (Wildman–Crippen MR) is 108 cm³/mol. The third-order valence-electron chi connectivity index (χ3n) is 4.29.